The second-order valence-electron chi connectivity index (χ2n) is 3.94. The lowest BCUT2D eigenvalue weighted by Gasteiger charge is -2.21. The van der Waals surface area contributed by atoms with Crippen LogP contribution >= 0.6 is 0 Å². The Hall–Kier alpha value is -0.370. The highest BCUT2D eigenvalue weighted by Gasteiger charge is 2.27. The van der Waals surface area contributed by atoms with Crippen LogP contribution in [0.25, 0.3) is 0 Å². The molecule has 1 atom stereocenters. The first-order valence-electron chi connectivity index (χ1n) is 4.33. The van der Waals surface area contributed by atoms with E-state index < -0.39 is 0 Å². The Morgan fingerprint density at radius 1 is 1.64 bits per heavy atom. The molecule has 64 valence electrons. The van der Waals surface area contributed by atoms with Crippen molar-refractivity contribution in [3.05, 3.63) is 0 Å². The van der Waals surface area contributed by atoms with E-state index in [1.807, 2.05) is 0 Å². The summed E-state index contributed by atoms with van der Waals surface area (Å²) in [6.07, 6.45) is 3.02. The molecule has 1 aliphatic heterocycles. The topological polar surface area (TPSA) is 29.1 Å². The molecule has 1 heterocycles. The molecular formula is C9H17NO. The van der Waals surface area contributed by atoms with Crippen LogP contribution in [0.15, 0.2) is 0 Å². The third kappa shape index (κ3) is 2.62. The molecule has 0 radical (unpaired) electrons. The summed E-state index contributed by atoms with van der Waals surface area (Å²) in [6, 6.07) is 0. The Labute approximate surface area is 68.4 Å². The van der Waals surface area contributed by atoms with Crippen molar-refractivity contribution in [3.8, 4) is 0 Å². The minimum absolute atomic E-state index is 0.318. The minimum atomic E-state index is 0.318. The van der Waals surface area contributed by atoms with Crippen molar-refractivity contribution in [3.63, 3.8) is 0 Å². The van der Waals surface area contributed by atoms with Gasteiger partial charge in [0.15, 0.2) is 0 Å². The van der Waals surface area contributed by atoms with Crippen LogP contribution in [0, 0.1) is 5.41 Å². The summed E-state index contributed by atoms with van der Waals surface area (Å²) < 4.78 is 0. The van der Waals surface area contributed by atoms with E-state index in [1.54, 1.807) is 6.92 Å². The molecule has 0 aromatic carbocycles. The third-order valence-corrected chi connectivity index (χ3v) is 2.54. The van der Waals surface area contributed by atoms with E-state index in [2.05, 4.69) is 12.2 Å². The van der Waals surface area contributed by atoms with E-state index in [0.717, 1.165) is 25.9 Å². The van der Waals surface area contributed by atoms with Crippen molar-refractivity contribution < 1.29 is 4.79 Å². The van der Waals surface area contributed by atoms with Crippen LogP contribution in [0.3, 0.4) is 0 Å². The quantitative estimate of drug-likeness (QED) is 0.666. The molecule has 2 heteroatoms. The highest BCUT2D eigenvalue weighted by Crippen LogP contribution is 2.29. The fourth-order valence-corrected chi connectivity index (χ4v) is 1.56. The van der Waals surface area contributed by atoms with Gasteiger partial charge in [0.25, 0.3) is 0 Å². The molecule has 1 rings (SSSR count). The Balaban J connectivity index is 2.28. The summed E-state index contributed by atoms with van der Waals surface area (Å²) in [5.74, 6) is 0.318. The maximum atomic E-state index is 10.7. The van der Waals surface area contributed by atoms with E-state index >= 15 is 0 Å². The standard InChI is InChI=1S/C9H17NO/c1-8(11)3-4-9(2)5-6-10-7-9/h10H,3-7H2,1-2H3. The number of carbonyl (C=O) groups is 1. The number of carbonyl (C=O) groups excluding carboxylic acids is 1. The Kier molecular flexibility index (Phi) is 2.66. The number of hydrogen-bond acceptors (Lipinski definition) is 2. The van der Waals surface area contributed by atoms with Crippen LogP contribution < -0.4 is 5.32 Å². The lowest BCUT2D eigenvalue weighted by molar-refractivity contribution is -0.117. The largest absolute Gasteiger partial charge is 0.316 e. The number of hydrogen-bond donors (Lipinski definition) is 1. The molecule has 0 saturated carbocycles. The van der Waals surface area contributed by atoms with Gasteiger partial charge in [-0.2, -0.15) is 0 Å². The van der Waals surface area contributed by atoms with E-state index in [-0.39, 0.29) is 0 Å². The summed E-state index contributed by atoms with van der Waals surface area (Å²) >= 11 is 0. The zero-order chi connectivity index (χ0) is 8.32. The smallest absolute Gasteiger partial charge is 0.129 e. The lowest BCUT2D eigenvalue weighted by atomic mass is 9.84. The first kappa shape index (κ1) is 8.72. The third-order valence-electron chi connectivity index (χ3n) is 2.54. The van der Waals surface area contributed by atoms with Gasteiger partial charge in [0.05, 0.1) is 0 Å². The number of nitrogens with one attached hydrogen (secondary N) is 1. The Bertz CT molecular complexity index is 148. The second kappa shape index (κ2) is 3.35. The maximum absolute atomic E-state index is 10.7. The van der Waals surface area contributed by atoms with E-state index in [4.69, 9.17) is 0 Å². The van der Waals surface area contributed by atoms with Crippen molar-refractivity contribution in [1.29, 1.82) is 0 Å². The predicted octanol–water partition coefficient (Wildman–Crippen LogP) is 1.36. The van der Waals surface area contributed by atoms with Gasteiger partial charge in [-0.05, 0) is 31.7 Å². The molecule has 11 heavy (non-hydrogen) atoms. The molecule has 1 fully saturated rings. The molecule has 2 nitrogen and oxygen atoms in total. The normalized spacial score (nSPS) is 30.7. The van der Waals surface area contributed by atoms with E-state index in [1.165, 1.54) is 6.42 Å². The number of ketones is 1. The highest BCUT2D eigenvalue weighted by molar-refractivity contribution is 5.75. The van der Waals surface area contributed by atoms with Gasteiger partial charge < -0.3 is 10.1 Å². The number of Topliss-reactive ketones (excluding diaryl/α,β-unsaturated/α-hetero) is 1. The van der Waals surface area contributed by atoms with Gasteiger partial charge in [0, 0.05) is 13.0 Å². The van der Waals surface area contributed by atoms with Crippen LogP contribution in [0.1, 0.15) is 33.1 Å². The summed E-state index contributed by atoms with van der Waals surface area (Å²) in [6.45, 7) is 6.14. The summed E-state index contributed by atoms with van der Waals surface area (Å²) in [5, 5.41) is 3.33. The van der Waals surface area contributed by atoms with Crippen molar-refractivity contribution in [2.45, 2.75) is 33.1 Å². The zero-order valence-corrected chi connectivity index (χ0v) is 7.44. The Morgan fingerprint density at radius 3 is 2.82 bits per heavy atom. The minimum Gasteiger partial charge on any atom is -0.316 e. The molecule has 0 aromatic heterocycles. The van der Waals surface area contributed by atoms with Crippen LogP contribution in [-0.4, -0.2) is 18.9 Å². The molecule has 0 aromatic rings. The molecule has 0 spiro atoms. The van der Waals surface area contributed by atoms with Crippen molar-refractivity contribution >= 4 is 5.78 Å². The first-order chi connectivity index (χ1) is 5.12. The zero-order valence-electron chi connectivity index (χ0n) is 7.44. The van der Waals surface area contributed by atoms with Crippen LogP contribution in [-0.2, 0) is 4.79 Å². The highest BCUT2D eigenvalue weighted by atomic mass is 16.1. The first-order valence-corrected chi connectivity index (χ1v) is 4.33. The fourth-order valence-electron chi connectivity index (χ4n) is 1.56. The van der Waals surface area contributed by atoms with Gasteiger partial charge in [0.1, 0.15) is 5.78 Å². The van der Waals surface area contributed by atoms with Gasteiger partial charge in [-0.15, -0.1) is 0 Å². The molecule has 0 aliphatic carbocycles. The molecule has 1 N–H and O–H groups in total. The van der Waals surface area contributed by atoms with Gasteiger partial charge in [-0.1, -0.05) is 6.92 Å². The van der Waals surface area contributed by atoms with Gasteiger partial charge >= 0.3 is 0 Å². The van der Waals surface area contributed by atoms with Crippen LogP contribution in [0.5, 0.6) is 0 Å². The molecule has 0 bridgehead atoms. The predicted molar refractivity (Wildman–Crippen MR) is 45.5 cm³/mol. The van der Waals surface area contributed by atoms with Gasteiger partial charge in [0.2, 0.25) is 0 Å². The van der Waals surface area contributed by atoms with E-state index in [0.29, 0.717) is 11.2 Å². The van der Waals surface area contributed by atoms with Crippen molar-refractivity contribution in [1.82, 2.24) is 5.32 Å². The van der Waals surface area contributed by atoms with Crippen LogP contribution in [0.4, 0.5) is 0 Å². The molecule has 1 unspecified atom stereocenters. The monoisotopic (exact) mass is 155 g/mol. The second-order valence-corrected chi connectivity index (χ2v) is 3.94. The Morgan fingerprint density at radius 2 is 2.36 bits per heavy atom. The van der Waals surface area contributed by atoms with Gasteiger partial charge in [-0.25, -0.2) is 0 Å². The van der Waals surface area contributed by atoms with Crippen LogP contribution in [0.2, 0.25) is 0 Å². The lowest BCUT2D eigenvalue weighted by Crippen LogP contribution is -2.20. The SMILES string of the molecule is CC(=O)CCC1(C)CCNC1. The van der Waals surface area contributed by atoms with Crippen molar-refractivity contribution in [2.24, 2.45) is 5.41 Å². The summed E-state index contributed by atoms with van der Waals surface area (Å²) in [4.78, 5) is 10.7. The average molecular weight is 155 g/mol. The molecule has 0 amide bonds. The maximum Gasteiger partial charge on any atom is 0.129 e. The van der Waals surface area contributed by atoms with E-state index in [9.17, 15) is 4.79 Å². The van der Waals surface area contributed by atoms with Crippen molar-refractivity contribution in [2.75, 3.05) is 13.1 Å². The fraction of sp³-hybridized carbons (Fsp3) is 0.889. The van der Waals surface area contributed by atoms with Gasteiger partial charge in [-0.3, -0.25) is 0 Å². The average Bonchev–Trinajstić information content (AvgIpc) is 2.33. The number of rotatable bonds is 3. The molecule has 1 aliphatic rings. The summed E-state index contributed by atoms with van der Waals surface area (Å²) in [7, 11) is 0. The summed E-state index contributed by atoms with van der Waals surface area (Å²) in [5.41, 5.74) is 0.395. The molecular weight excluding hydrogens is 138 g/mol. The molecule has 1 saturated heterocycles.